The maximum atomic E-state index is 10.6. The summed E-state index contributed by atoms with van der Waals surface area (Å²) in [6.07, 6.45) is -1.62. The molecule has 9 heteroatoms. The van der Waals surface area contributed by atoms with E-state index < -0.39 is 6.10 Å². The maximum absolute atomic E-state index is 10.6. The number of imidazole rings is 1. The van der Waals surface area contributed by atoms with E-state index in [9.17, 15) is 15.3 Å². The molecule has 0 saturated carbocycles. The van der Waals surface area contributed by atoms with Gasteiger partial charge in [-0.2, -0.15) is 4.98 Å². The molecule has 37 heavy (non-hydrogen) atoms. The fourth-order valence-electron chi connectivity index (χ4n) is 5.16. The largest absolute Gasteiger partial charge is 0.507 e. The van der Waals surface area contributed by atoms with E-state index in [4.69, 9.17) is 14.2 Å². The lowest BCUT2D eigenvalue weighted by atomic mass is 9.97. The lowest BCUT2D eigenvalue weighted by molar-refractivity contribution is 0.00706. The third kappa shape index (κ3) is 4.51. The molecular formula is C28H29N3O6. The molecule has 192 valence electrons. The molecule has 4 aromatic rings. The van der Waals surface area contributed by atoms with Crippen LogP contribution < -0.4 is 4.74 Å². The molecule has 0 radical (unpaired) electrons. The number of aliphatic hydroxyl groups excluding tert-OH is 1. The second-order valence-corrected chi connectivity index (χ2v) is 9.92. The van der Waals surface area contributed by atoms with Gasteiger partial charge in [-0.3, -0.25) is 0 Å². The van der Waals surface area contributed by atoms with Crippen molar-refractivity contribution in [2.45, 2.75) is 31.0 Å². The van der Waals surface area contributed by atoms with Crippen LogP contribution >= 0.6 is 0 Å². The molecule has 2 fully saturated rings. The van der Waals surface area contributed by atoms with Gasteiger partial charge in [0.2, 0.25) is 0 Å². The number of phenolic OH excluding ortho intramolecular Hbond substituents is 2. The Morgan fingerprint density at radius 3 is 2.32 bits per heavy atom. The van der Waals surface area contributed by atoms with E-state index >= 15 is 0 Å². The molecule has 0 amide bonds. The molecule has 2 aliphatic rings. The molecule has 4 atom stereocenters. The van der Waals surface area contributed by atoms with Gasteiger partial charge in [-0.15, -0.1) is 0 Å². The van der Waals surface area contributed by atoms with Crippen molar-refractivity contribution in [2.24, 2.45) is 0 Å². The predicted octanol–water partition coefficient (Wildman–Crippen LogP) is 3.28. The number of hydrogen-bond donors (Lipinski definition) is 4. The summed E-state index contributed by atoms with van der Waals surface area (Å²) in [7, 11) is 3.87. The van der Waals surface area contributed by atoms with Crippen molar-refractivity contribution < 1.29 is 29.5 Å². The van der Waals surface area contributed by atoms with Gasteiger partial charge in [0.05, 0.1) is 29.8 Å². The number of H-pyrrole nitrogens is 1. The van der Waals surface area contributed by atoms with Gasteiger partial charge in [-0.05, 0) is 60.6 Å². The Morgan fingerprint density at radius 1 is 0.919 bits per heavy atom. The van der Waals surface area contributed by atoms with Crippen LogP contribution in [0.25, 0.3) is 33.3 Å². The van der Waals surface area contributed by atoms with E-state index in [1.807, 2.05) is 61.5 Å². The fourth-order valence-corrected chi connectivity index (χ4v) is 5.16. The maximum Gasteiger partial charge on any atom is 0.295 e. The van der Waals surface area contributed by atoms with Crippen molar-refractivity contribution in [3.63, 3.8) is 0 Å². The number of ether oxygens (including phenoxy) is 3. The smallest absolute Gasteiger partial charge is 0.295 e. The van der Waals surface area contributed by atoms with Crippen LogP contribution in [0.5, 0.6) is 17.5 Å². The van der Waals surface area contributed by atoms with Crippen LogP contribution in [0.3, 0.4) is 0 Å². The van der Waals surface area contributed by atoms with Gasteiger partial charge in [-0.25, -0.2) is 0 Å². The SMILES string of the molecule is CN(C)Cc1cc(O)c(-c2ccc(-c3ccc4[nH]c(O[C@@H]5CO[C@H]6[C@@H]5OC[C@H]6O)nc4c3)cc2)c(O)c1. The van der Waals surface area contributed by atoms with Gasteiger partial charge in [0.25, 0.3) is 6.01 Å². The minimum atomic E-state index is -0.626. The van der Waals surface area contributed by atoms with Gasteiger partial charge >= 0.3 is 0 Å². The number of aromatic hydroxyl groups is 2. The third-order valence-electron chi connectivity index (χ3n) is 6.87. The second kappa shape index (κ2) is 9.35. The molecular weight excluding hydrogens is 474 g/mol. The number of nitrogens with zero attached hydrogens (tertiary/aromatic N) is 2. The molecule has 3 aromatic carbocycles. The summed E-state index contributed by atoms with van der Waals surface area (Å²) in [5, 5.41) is 31.1. The summed E-state index contributed by atoms with van der Waals surface area (Å²) in [6, 6.07) is 17.3. The summed E-state index contributed by atoms with van der Waals surface area (Å²) in [5.41, 5.74) is 5.51. The van der Waals surface area contributed by atoms with Crippen molar-refractivity contribution in [2.75, 3.05) is 27.3 Å². The number of fused-ring (bicyclic) bond motifs is 2. The summed E-state index contributed by atoms with van der Waals surface area (Å²) in [4.78, 5) is 9.75. The Balaban J connectivity index is 1.21. The molecule has 0 aliphatic carbocycles. The van der Waals surface area contributed by atoms with Gasteiger partial charge in [0.15, 0.2) is 6.10 Å². The average Bonchev–Trinajstić information content (AvgIpc) is 3.55. The minimum Gasteiger partial charge on any atom is -0.507 e. The first-order valence-corrected chi connectivity index (χ1v) is 12.2. The van der Waals surface area contributed by atoms with E-state index in [0.717, 1.165) is 33.3 Å². The molecule has 0 bridgehead atoms. The van der Waals surface area contributed by atoms with Gasteiger partial charge in [0.1, 0.15) is 29.8 Å². The number of aromatic amines is 1. The van der Waals surface area contributed by atoms with Crippen molar-refractivity contribution in [3.05, 3.63) is 60.2 Å². The normalized spacial score (nSPS) is 23.1. The van der Waals surface area contributed by atoms with Crippen molar-refractivity contribution in [3.8, 4) is 39.8 Å². The highest BCUT2D eigenvalue weighted by Crippen LogP contribution is 2.39. The first-order valence-electron chi connectivity index (χ1n) is 12.2. The number of aliphatic hydroxyl groups is 1. The van der Waals surface area contributed by atoms with Crippen LogP contribution in [0, 0.1) is 0 Å². The lowest BCUT2D eigenvalue weighted by Gasteiger charge is -2.15. The number of rotatable bonds is 6. The number of benzene rings is 3. The summed E-state index contributed by atoms with van der Waals surface area (Å²) < 4.78 is 17.3. The predicted molar refractivity (Wildman–Crippen MR) is 138 cm³/mol. The van der Waals surface area contributed by atoms with Crippen LogP contribution in [0.2, 0.25) is 0 Å². The van der Waals surface area contributed by atoms with Crippen LogP contribution in [0.15, 0.2) is 54.6 Å². The van der Waals surface area contributed by atoms with E-state index in [0.29, 0.717) is 24.7 Å². The molecule has 9 nitrogen and oxygen atoms in total. The zero-order chi connectivity index (χ0) is 25.7. The molecule has 0 unspecified atom stereocenters. The highest BCUT2D eigenvalue weighted by molar-refractivity contribution is 5.84. The Labute approximate surface area is 213 Å². The van der Waals surface area contributed by atoms with Gasteiger partial charge in [0, 0.05) is 6.54 Å². The van der Waals surface area contributed by atoms with Gasteiger partial charge < -0.3 is 39.4 Å². The van der Waals surface area contributed by atoms with E-state index in [-0.39, 0.29) is 36.4 Å². The highest BCUT2D eigenvalue weighted by atomic mass is 16.6. The first kappa shape index (κ1) is 23.7. The monoisotopic (exact) mass is 503 g/mol. The zero-order valence-electron chi connectivity index (χ0n) is 20.6. The molecule has 4 N–H and O–H groups in total. The zero-order valence-corrected chi connectivity index (χ0v) is 20.6. The molecule has 3 heterocycles. The van der Waals surface area contributed by atoms with Crippen molar-refractivity contribution >= 4 is 11.0 Å². The van der Waals surface area contributed by atoms with Gasteiger partial charge in [-0.1, -0.05) is 30.3 Å². The third-order valence-corrected chi connectivity index (χ3v) is 6.87. The van der Waals surface area contributed by atoms with E-state index in [1.165, 1.54) is 0 Å². The Kier molecular flexibility index (Phi) is 6.00. The lowest BCUT2D eigenvalue weighted by Crippen LogP contribution is -2.34. The molecule has 6 rings (SSSR count). The average molecular weight is 504 g/mol. The van der Waals surface area contributed by atoms with Crippen LogP contribution in [0.1, 0.15) is 5.56 Å². The number of nitrogens with one attached hydrogen (secondary N) is 1. The topological polar surface area (TPSA) is 120 Å². The Bertz CT molecular complexity index is 1410. The Hall–Kier alpha value is -3.63. The van der Waals surface area contributed by atoms with Crippen molar-refractivity contribution in [1.82, 2.24) is 14.9 Å². The summed E-state index contributed by atoms with van der Waals surface area (Å²) >= 11 is 0. The minimum absolute atomic E-state index is 0.0477. The number of aromatic nitrogens is 2. The van der Waals surface area contributed by atoms with Crippen LogP contribution in [0.4, 0.5) is 0 Å². The molecule has 0 spiro atoms. The second-order valence-electron chi connectivity index (χ2n) is 9.92. The Morgan fingerprint density at radius 2 is 1.59 bits per heavy atom. The van der Waals surface area contributed by atoms with Crippen LogP contribution in [-0.4, -0.2) is 81.9 Å². The highest BCUT2D eigenvalue weighted by Gasteiger charge is 2.48. The quantitative estimate of drug-likeness (QED) is 0.317. The van der Waals surface area contributed by atoms with Crippen LogP contribution in [-0.2, 0) is 16.0 Å². The number of phenols is 2. The molecule has 2 aliphatic heterocycles. The van der Waals surface area contributed by atoms with E-state index in [1.54, 1.807) is 12.1 Å². The first-order chi connectivity index (χ1) is 17.9. The fraction of sp³-hybridized carbons (Fsp3) is 0.321. The molecule has 2 saturated heterocycles. The van der Waals surface area contributed by atoms with E-state index in [2.05, 4.69) is 9.97 Å². The number of hydrogen-bond acceptors (Lipinski definition) is 8. The molecule has 1 aromatic heterocycles. The standard InChI is InChI=1S/C28H29N3O6/c1-31(2)12-15-9-21(32)25(22(33)10-15)17-5-3-16(4-6-17)18-7-8-19-20(11-18)30-28(29-19)37-24-14-36-26-23(34)13-35-27(24)26/h3-11,23-24,26-27,32-34H,12-14H2,1-2H3,(H,29,30)/t23-,24-,26-,27-/m1/s1. The summed E-state index contributed by atoms with van der Waals surface area (Å²) in [6.45, 7) is 1.21. The summed E-state index contributed by atoms with van der Waals surface area (Å²) in [5.74, 6) is 0.0955. The van der Waals surface area contributed by atoms with Crippen molar-refractivity contribution in [1.29, 1.82) is 0 Å².